The SMILES string of the molecule is O=C(O)CCNCCn1ccnc1. The van der Waals surface area contributed by atoms with Crippen LogP contribution in [0.15, 0.2) is 18.7 Å². The van der Waals surface area contributed by atoms with Crippen LogP contribution in [0.2, 0.25) is 0 Å². The van der Waals surface area contributed by atoms with E-state index >= 15 is 0 Å². The van der Waals surface area contributed by atoms with Gasteiger partial charge in [-0.05, 0) is 0 Å². The topological polar surface area (TPSA) is 67.2 Å². The Balaban J connectivity index is 1.99. The molecule has 0 aromatic carbocycles. The van der Waals surface area contributed by atoms with Gasteiger partial charge in [-0.1, -0.05) is 0 Å². The van der Waals surface area contributed by atoms with Crippen molar-refractivity contribution in [2.24, 2.45) is 0 Å². The first-order valence-electron chi connectivity index (χ1n) is 4.17. The number of carboxylic acid groups (broad SMARTS) is 1. The monoisotopic (exact) mass is 183 g/mol. The van der Waals surface area contributed by atoms with E-state index in [0.717, 1.165) is 13.1 Å². The molecular weight excluding hydrogens is 170 g/mol. The number of imidazole rings is 1. The summed E-state index contributed by atoms with van der Waals surface area (Å²) in [5.74, 6) is -0.768. The molecule has 0 aliphatic rings. The minimum atomic E-state index is -0.768. The third-order valence-corrected chi connectivity index (χ3v) is 1.62. The molecule has 0 radical (unpaired) electrons. The van der Waals surface area contributed by atoms with E-state index < -0.39 is 5.97 Å². The minimum Gasteiger partial charge on any atom is -0.481 e. The highest BCUT2D eigenvalue weighted by atomic mass is 16.4. The van der Waals surface area contributed by atoms with Crippen molar-refractivity contribution in [2.75, 3.05) is 13.1 Å². The molecule has 0 unspecified atom stereocenters. The van der Waals surface area contributed by atoms with Crippen molar-refractivity contribution in [3.05, 3.63) is 18.7 Å². The number of aromatic nitrogens is 2. The van der Waals surface area contributed by atoms with Crippen molar-refractivity contribution in [3.8, 4) is 0 Å². The molecule has 0 spiro atoms. The Labute approximate surface area is 76.4 Å². The molecule has 0 saturated heterocycles. The number of carbonyl (C=O) groups is 1. The van der Waals surface area contributed by atoms with Crippen LogP contribution in [0.5, 0.6) is 0 Å². The van der Waals surface area contributed by atoms with E-state index in [9.17, 15) is 4.79 Å². The lowest BCUT2D eigenvalue weighted by atomic mass is 10.4. The summed E-state index contributed by atoms with van der Waals surface area (Å²) in [6.07, 6.45) is 5.50. The predicted octanol–water partition coefficient (Wildman–Crippen LogP) is -0.0526. The van der Waals surface area contributed by atoms with E-state index in [1.54, 1.807) is 12.5 Å². The Kier molecular flexibility index (Phi) is 3.98. The first-order chi connectivity index (χ1) is 6.29. The zero-order chi connectivity index (χ0) is 9.52. The van der Waals surface area contributed by atoms with Crippen molar-refractivity contribution in [1.82, 2.24) is 14.9 Å². The van der Waals surface area contributed by atoms with Crippen molar-refractivity contribution >= 4 is 5.97 Å². The van der Waals surface area contributed by atoms with Crippen molar-refractivity contribution in [2.45, 2.75) is 13.0 Å². The Morgan fingerprint density at radius 2 is 2.38 bits per heavy atom. The van der Waals surface area contributed by atoms with Gasteiger partial charge in [0.2, 0.25) is 0 Å². The van der Waals surface area contributed by atoms with Gasteiger partial charge in [-0.3, -0.25) is 4.79 Å². The van der Waals surface area contributed by atoms with E-state index in [2.05, 4.69) is 10.3 Å². The highest BCUT2D eigenvalue weighted by molar-refractivity contribution is 5.66. The summed E-state index contributed by atoms with van der Waals surface area (Å²) in [4.78, 5) is 14.0. The van der Waals surface area contributed by atoms with E-state index in [4.69, 9.17) is 5.11 Å². The molecule has 0 atom stereocenters. The molecule has 5 nitrogen and oxygen atoms in total. The van der Waals surface area contributed by atoms with Crippen LogP contribution in [0.4, 0.5) is 0 Å². The first-order valence-corrected chi connectivity index (χ1v) is 4.17. The number of nitrogens with zero attached hydrogens (tertiary/aromatic N) is 2. The van der Waals surface area contributed by atoms with Gasteiger partial charge in [0.15, 0.2) is 0 Å². The van der Waals surface area contributed by atoms with Crippen molar-refractivity contribution in [1.29, 1.82) is 0 Å². The summed E-state index contributed by atoms with van der Waals surface area (Å²) in [7, 11) is 0. The summed E-state index contributed by atoms with van der Waals surface area (Å²) in [5.41, 5.74) is 0. The second-order valence-electron chi connectivity index (χ2n) is 2.69. The Bertz CT molecular complexity index is 246. The van der Waals surface area contributed by atoms with Crippen LogP contribution in [-0.2, 0) is 11.3 Å². The minimum absolute atomic E-state index is 0.171. The molecular formula is C8H13N3O2. The van der Waals surface area contributed by atoms with Crippen LogP contribution in [0.1, 0.15) is 6.42 Å². The molecule has 0 aliphatic carbocycles. The highest BCUT2D eigenvalue weighted by Gasteiger charge is 1.94. The average Bonchev–Trinajstić information content (AvgIpc) is 2.55. The van der Waals surface area contributed by atoms with Crippen LogP contribution >= 0.6 is 0 Å². The van der Waals surface area contributed by atoms with Gasteiger partial charge in [0.05, 0.1) is 12.7 Å². The third kappa shape index (κ3) is 4.27. The van der Waals surface area contributed by atoms with E-state index in [-0.39, 0.29) is 6.42 Å². The normalized spacial score (nSPS) is 10.2. The van der Waals surface area contributed by atoms with Crippen LogP contribution in [0, 0.1) is 0 Å². The van der Waals surface area contributed by atoms with Gasteiger partial charge in [-0.2, -0.15) is 0 Å². The predicted molar refractivity (Wildman–Crippen MR) is 47.3 cm³/mol. The number of carboxylic acids is 1. The second-order valence-corrected chi connectivity index (χ2v) is 2.69. The molecule has 2 N–H and O–H groups in total. The summed E-state index contributed by atoms with van der Waals surface area (Å²) in [6.45, 7) is 2.10. The Morgan fingerprint density at radius 1 is 1.54 bits per heavy atom. The molecule has 5 heteroatoms. The Morgan fingerprint density at radius 3 is 3.00 bits per heavy atom. The van der Waals surface area contributed by atoms with Crippen LogP contribution in [0.3, 0.4) is 0 Å². The number of hydrogen-bond acceptors (Lipinski definition) is 3. The van der Waals surface area contributed by atoms with Crippen LogP contribution in [0.25, 0.3) is 0 Å². The van der Waals surface area contributed by atoms with Gasteiger partial charge in [-0.25, -0.2) is 4.98 Å². The first kappa shape index (κ1) is 9.73. The number of aliphatic carboxylic acids is 1. The molecule has 0 amide bonds. The molecule has 1 heterocycles. The van der Waals surface area contributed by atoms with Gasteiger partial charge < -0.3 is 15.0 Å². The second kappa shape index (κ2) is 5.31. The maximum atomic E-state index is 10.1. The maximum Gasteiger partial charge on any atom is 0.304 e. The van der Waals surface area contributed by atoms with E-state index in [1.807, 2.05) is 10.8 Å². The summed E-state index contributed by atoms with van der Waals surface area (Å²) in [6, 6.07) is 0. The lowest BCUT2D eigenvalue weighted by Crippen LogP contribution is -2.22. The fourth-order valence-electron chi connectivity index (χ4n) is 0.947. The molecule has 0 saturated carbocycles. The quantitative estimate of drug-likeness (QED) is 0.607. The summed E-state index contributed by atoms with van der Waals surface area (Å²) >= 11 is 0. The molecule has 0 bridgehead atoms. The number of nitrogens with one attached hydrogen (secondary N) is 1. The van der Waals surface area contributed by atoms with Crippen LogP contribution < -0.4 is 5.32 Å². The molecule has 1 aromatic heterocycles. The molecule has 13 heavy (non-hydrogen) atoms. The fraction of sp³-hybridized carbons (Fsp3) is 0.500. The lowest BCUT2D eigenvalue weighted by Gasteiger charge is -2.02. The van der Waals surface area contributed by atoms with Crippen molar-refractivity contribution in [3.63, 3.8) is 0 Å². The van der Waals surface area contributed by atoms with E-state index in [0.29, 0.717) is 6.54 Å². The Hall–Kier alpha value is -1.36. The fourth-order valence-corrected chi connectivity index (χ4v) is 0.947. The van der Waals surface area contributed by atoms with E-state index in [1.165, 1.54) is 0 Å². The lowest BCUT2D eigenvalue weighted by molar-refractivity contribution is -0.136. The summed E-state index contributed by atoms with van der Waals surface area (Å²) < 4.78 is 1.94. The molecule has 0 aliphatic heterocycles. The van der Waals surface area contributed by atoms with Gasteiger partial charge in [0, 0.05) is 32.0 Å². The molecule has 1 rings (SSSR count). The maximum absolute atomic E-state index is 10.1. The average molecular weight is 183 g/mol. The van der Waals surface area contributed by atoms with Crippen molar-refractivity contribution < 1.29 is 9.90 Å². The molecule has 1 aromatic rings. The molecule has 72 valence electrons. The zero-order valence-electron chi connectivity index (χ0n) is 7.31. The standard InChI is InChI=1S/C8H13N3O2/c12-8(13)1-2-9-3-5-11-6-4-10-7-11/h4,6-7,9H,1-3,5H2,(H,12,13). The van der Waals surface area contributed by atoms with Gasteiger partial charge in [0.1, 0.15) is 0 Å². The van der Waals surface area contributed by atoms with Crippen LogP contribution in [-0.4, -0.2) is 33.7 Å². The third-order valence-electron chi connectivity index (χ3n) is 1.62. The van der Waals surface area contributed by atoms with Gasteiger partial charge >= 0.3 is 5.97 Å². The molecule has 0 fully saturated rings. The smallest absolute Gasteiger partial charge is 0.304 e. The summed E-state index contributed by atoms with van der Waals surface area (Å²) in [5, 5.41) is 11.4. The zero-order valence-corrected chi connectivity index (χ0v) is 7.31. The highest BCUT2D eigenvalue weighted by Crippen LogP contribution is 1.83. The number of rotatable bonds is 6. The largest absolute Gasteiger partial charge is 0.481 e. The van der Waals surface area contributed by atoms with Gasteiger partial charge in [-0.15, -0.1) is 0 Å². The van der Waals surface area contributed by atoms with Gasteiger partial charge in [0.25, 0.3) is 0 Å². The number of hydrogen-bond donors (Lipinski definition) is 2.